The number of ether oxygens (including phenoxy) is 8. The second-order valence-corrected chi connectivity index (χ2v) is 18.0. The smallest absolute Gasteiger partial charge is 0.308 e. The zero-order valence-corrected chi connectivity index (χ0v) is 32.3. The van der Waals surface area contributed by atoms with Gasteiger partial charge in [-0.05, 0) is 18.4 Å². The second-order valence-electron chi connectivity index (χ2n) is 18.0. The maximum absolute atomic E-state index is 14.1. The molecule has 8 rings (SSSR count). The van der Waals surface area contributed by atoms with Crippen LogP contribution in [0.2, 0.25) is 0 Å². The Bertz CT molecular complexity index is 1820. The number of methoxy groups -OCH3 is 1. The summed E-state index contributed by atoms with van der Waals surface area (Å²) in [6, 6.07) is 1.65. The number of aliphatic hydroxyl groups is 1. The van der Waals surface area contributed by atoms with Crippen molar-refractivity contribution in [2.24, 2.45) is 39.9 Å². The molecule has 1 aromatic rings. The fourth-order valence-corrected chi connectivity index (χ4v) is 12.9. The van der Waals surface area contributed by atoms with Gasteiger partial charge in [-0.1, -0.05) is 48.5 Å². The fraction of sp³-hybridized carbons (Fsp3) is 0.769. The summed E-state index contributed by atoms with van der Waals surface area (Å²) >= 11 is 0. The Labute approximate surface area is 312 Å². The summed E-state index contributed by atoms with van der Waals surface area (Å²) in [4.78, 5) is 68.5. The van der Waals surface area contributed by atoms with Gasteiger partial charge in [0.15, 0.2) is 11.7 Å². The Morgan fingerprint density at radius 3 is 2.13 bits per heavy atom. The minimum Gasteiger partial charge on any atom is -0.472 e. The zero-order chi connectivity index (χ0) is 39.4. The van der Waals surface area contributed by atoms with E-state index >= 15 is 0 Å². The molecule has 15 heteroatoms. The minimum atomic E-state index is -2.34. The number of carbonyl (C=O) groups is 5. The highest BCUT2D eigenvalue weighted by Crippen LogP contribution is 2.90. The number of fused-ring (bicyclic) bond motifs is 3. The van der Waals surface area contributed by atoms with Crippen molar-refractivity contribution in [2.45, 2.75) is 141 Å². The van der Waals surface area contributed by atoms with Crippen molar-refractivity contribution in [1.82, 2.24) is 0 Å². The van der Waals surface area contributed by atoms with Gasteiger partial charge >= 0.3 is 29.8 Å². The Balaban J connectivity index is 1.50. The second kappa shape index (κ2) is 11.1. The molecule has 1 aromatic heterocycles. The molecule has 15 nitrogen and oxygen atoms in total. The van der Waals surface area contributed by atoms with Crippen molar-refractivity contribution >= 4 is 29.8 Å². The number of cyclic esters (lactones) is 1. The summed E-state index contributed by atoms with van der Waals surface area (Å²) in [6.07, 6.45) is -3.00. The number of hydrogen-bond acceptors (Lipinski definition) is 15. The van der Waals surface area contributed by atoms with Gasteiger partial charge in [-0.15, -0.1) is 0 Å². The summed E-state index contributed by atoms with van der Waals surface area (Å²) in [5.74, 6) is -8.30. The maximum Gasteiger partial charge on any atom is 0.308 e. The first-order valence-corrected chi connectivity index (χ1v) is 18.8. The van der Waals surface area contributed by atoms with E-state index in [1.54, 1.807) is 40.7 Å². The summed E-state index contributed by atoms with van der Waals surface area (Å²) < 4.78 is 57.4. The number of furan rings is 1. The highest BCUT2D eigenvalue weighted by Gasteiger charge is 3.04. The maximum atomic E-state index is 14.1. The summed E-state index contributed by atoms with van der Waals surface area (Å²) in [6.45, 7) is 14.9. The Morgan fingerprint density at radius 1 is 0.926 bits per heavy atom. The van der Waals surface area contributed by atoms with Gasteiger partial charge in [-0.3, -0.25) is 24.0 Å². The van der Waals surface area contributed by atoms with Crippen molar-refractivity contribution in [3.63, 3.8) is 0 Å². The van der Waals surface area contributed by atoms with E-state index in [0.29, 0.717) is 5.56 Å². The molecular weight excluding hydrogens is 708 g/mol. The molecule has 7 aliphatic rings. The van der Waals surface area contributed by atoms with Crippen LogP contribution in [0.3, 0.4) is 0 Å². The van der Waals surface area contributed by atoms with Crippen LogP contribution in [-0.2, 0) is 61.9 Å². The van der Waals surface area contributed by atoms with E-state index in [0.717, 1.165) is 0 Å². The molecule has 0 amide bonds. The normalized spacial score (nSPS) is 48.9. The number of hydrogen-bond donors (Lipinski definition) is 1. The van der Waals surface area contributed by atoms with E-state index in [9.17, 15) is 29.1 Å². The molecule has 7 fully saturated rings. The van der Waals surface area contributed by atoms with Gasteiger partial charge in [0, 0.05) is 49.0 Å². The van der Waals surface area contributed by atoms with Crippen molar-refractivity contribution in [3.8, 4) is 0 Å². The van der Waals surface area contributed by atoms with Gasteiger partial charge in [0.1, 0.15) is 35.1 Å². The summed E-state index contributed by atoms with van der Waals surface area (Å²) in [7, 11) is 1.27. The Morgan fingerprint density at radius 2 is 1.56 bits per heavy atom. The van der Waals surface area contributed by atoms with Crippen LogP contribution in [0.4, 0.5) is 0 Å². The average molecular weight is 759 g/mol. The van der Waals surface area contributed by atoms with Crippen molar-refractivity contribution in [1.29, 1.82) is 0 Å². The largest absolute Gasteiger partial charge is 0.472 e. The molecule has 0 unspecified atom stereocenters. The number of rotatable bonds is 8. The van der Waals surface area contributed by atoms with Crippen LogP contribution in [0.15, 0.2) is 23.0 Å². The number of carbonyl (C=O) groups excluding carboxylic acids is 5. The molecule has 4 aliphatic carbocycles. The lowest BCUT2D eigenvalue weighted by atomic mass is 9.33. The van der Waals surface area contributed by atoms with Crippen LogP contribution in [-0.4, -0.2) is 88.8 Å². The molecule has 14 atom stereocenters. The Kier molecular flexibility index (Phi) is 7.67. The van der Waals surface area contributed by atoms with Gasteiger partial charge in [0.05, 0.1) is 43.3 Å². The van der Waals surface area contributed by atoms with E-state index in [-0.39, 0.29) is 25.7 Å². The van der Waals surface area contributed by atoms with Crippen LogP contribution < -0.4 is 0 Å². The third-order valence-electron chi connectivity index (χ3n) is 14.7. The standard InChI is InChI=1S/C39H50O15/c1-18(2)28(43)50-30-32(6)17-37-34(8,22(32)13-25(41)46-10)36-15-24(48-20(5)40)33(7)23(14-26(42)49-27(33)21-11-12-47-16-21)39(36,54-35(9,52-36)53-37)31(38(30,37)45)51-29(44)19(3)4/h11-12,16,18-19,22-24,27,30-31,45H,13-15,17H2,1-10H3/t22-,23-,24-,27-,30-,31+,32+,33-,34+,35+,36-,37+,38+,39+/m0/s1. The van der Waals surface area contributed by atoms with E-state index in [4.69, 9.17) is 42.3 Å². The van der Waals surface area contributed by atoms with Crippen LogP contribution in [0.1, 0.15) is 99.7 Å². The lowest BCUT2D eigenvalue weighted by Crippen LogP contribution is -2.94. The van der Waals surface area contributed by atoms with E-state index in [1.807, 2.05) is 20.8 Å². The third kappa shape index (κ3) is 3.94. The topological polar surface area (TPSA) is 193 Å². The van der Waals surface area contributed by atoms with E-state index in [1.165, 1.54) is 26.6 Å². The third-order valence-corrected chi connectivity index (χ3v) is 14.7. The summed E-state index contributed by atoms with van der Waals surface area (Å²) in [5.41, 5.74) is -11.3. The first kappa shape index (κ1) is 37.4. The molecule has 4 saturated carbocycles. The van der Waals surface area contributed by atoms with Crippen LogP contribution >= 0.6 is 0 Å². The average Bonchev–Trinajstić information content (AvgIpc) is 3.78. The van der Waals surface area contributed by atoms with Crippen LogP contribution in [0.5, 0.6) is 0 Å². The molecule has 3 aliphatic heterocycles. The molecule has 0 aromatic carbocycles. The van der Waals surface area contributed by atoms with Gasteiger partial charge in [-0.2, -0.15) is 0 Å². The highest BCUT2D eigenvalue weighted by atomic mass is 16.9. The van der Waals surface area contributed by atoms with Crippen molar-refractivity contribution in [3.05, 3.63) is 24.2 Å². The molecule has 54 heavy (non-hydrogen) atoms. The monoisotopic (exact) mass is 758 g/mol. The quantitative estimate of drug-likeness (QED) is 0.298. The van der Waals surface area contributed by atoms with Crippen molar-refractivity contribution < 1.29 is 71.4 Å². The molecule has 0 radical (unpaired) electrons. The summed E-state index contributed by atoms with van der Waals surface area (Å²) in [5, 5.41) is 14.0. The van der Waals surface area contributed by atoms with Gasteiger partial charge < -0.3 is 47.4 Å². The van der Waals surface area contributed by atoms with Crippen molar-refractivity contribution in [2.75, 3.05) is 7.11 Å². The van der Waals surface area contributed by atoms with Gasteiger partial charge in [-0.25, -0.2) is 0 Å². The molecule has 2 spiro atoms. The Hall–Kier alpha value is -3.53. The molecule has 4 bridgehead atoms. The molecular formula is C39H50O15. The lowest BCUT2D eigenvalue weighted by Gasteiger charge is -2.77. The predicted octanol–water partition coefficient (Wildman–Crippen LogP) is 3.68. The first-order chi connectivity index (χ1) is 25.1. The SMILES string of the molecule is COC(=O)C[C@H]1[C@@]2(C)C[C@]34O[C@]5(C)O[C@@]6([C@H](OC(=O)C(C)C)[C@]3(O)[C@H]2OC(=O)C(C)C)[C@H]2CC(=O)O[C@@H](c3ccoc3)[C@]2(C)[C@@H](OC(C)=O)C[C@]6(O5)[C@@]14C. The predicted molar refractivity (Wildman–Crippen MR) is 179 cm³/mol. The zero-order valence-electron chi connectivity index (χ0n) is 32.3. The van der Waals surface area contributed by atoms with Gasteiger partial charge in [0.25, 0.3) is 5.97 Å². The molecule has 3 saturated heterocycles. The molecule has 296 valence electrons. The van der Waals surface area contributed by atoms with Gasteiger partial charge in [0.2, 0.25) is 0 Å². The molecule has 1 N–H and O–H groups in total. The van der Waals surface area contributed by atoms with Crippen LogP contribution in [0.25, 0.3) is 0 Å². The fourth-order valence-electron chi connectivity index (χ4n) is 12.9. The first-order valence-electron chi connectivity index (χ1n) is 18.8. The number of esters is 5. The van der Waals surface area contributed by atoms with E-state index in [2.05, 4.69) is 0 Å². The van der Waals surface area contributed by atoms with E-state index < -0.39 is 123 Å². The molecule has 4 heterocycles. The minimum absolute atomic E-state index is 0.0282. The van der Waals surface area contributed by atoms with Crippen LogP contribution in [0, 0.1) is 39.9 Å². The highest BCUT2D eigenvalue weighted by molar-refractivity contribution is 5.76. The lowest BCUT2D eigenvalue weighted by molar-refractivity contribution is -0.480.